The van der Waals surface area contributed by atoms with E-state index in [-0.39, 0.29) is 28.6 Å². The Morgan fingerprint density at radius 3 is 1.60 bits per heavy atom. The van der Waals surface area contributed by atoms with Crippen molar-refractivity contribution >= 4 is 5.57 Å². The van der Waals surface area contributed by atoms with Crippen LogP contribution in [0.15, 0.2) is 54.1 Å². The third-order valence-corrected chi connectivity index (χ3v) is 5.37. The van der Waals surface area contributed by atoms with Crippen molar-refractivity contribution in [2.45, 2.75) is 13.3 Å². The summed E-state index contributed by atoms with van der Waals surface area (Å²) in [5.41, 5.74) is 4.24. The van der Waals surface area contributed by atoms with Gasteiger partial charge in [-0.2, -0.15) is 0 Å². The van der Waals surface area contributed by atoms with E-state index in [1.807, 2.05) is 37.1 Å². The summed E-state index contributed by atoms with van der Waals surface area (Å²) in [6.45, 7) is 2.23. The molecule has 0 saturated heterocycles. The second-order valence-electron chi connectivity index (χ2n) is 7.40. The second-order valence-corrected chi connectivity index (χ2v) is 7.40. The minimum Gasteiger partial charge on any atom is -0.872 e. The topological polar surface area (TPSA) is 46.1 Å². The summed E-state index contributed by atoms with van der Waals surface area (Å²) in [4.78, 5) is 0. The van der Waals surface area contributed by atoms with E-state index in [2.05, 4.69) is 45.4 Å². The third-order valence-electron chi connectivity index (χ3n) is 5.37. The first-order valence-electron chi connectivity index (χ1n) is 9.83. The van der Waals surface area contributed by atoms with E-state index in [9.17, 15) is 10.2 Å². The summed E-state index contributed by atoms with van der Waals surface area (Å²) in [5.74, 6) is 2.78. The summed E-state index contributed by atoms with van der Waals surface area (Å²) < 4.78 is 0. The number of rotatable bonds is 6. The number of benzene rings is 2. The normalized spacial score (nSPS) is 18.2. The fraction of sp³-hybridized carbons (Fsp3) is 0.111. The molecule has 2 aromatic carbocycles. The summed E-state index contributed by atoms with van der Waals surface area (Å²) in [6, 6.07) is 13.9. The van der Waals surface area contributed by atoms with Crippen molar-refractivity contribution < 1.29 is 27.3 Å². The Balaban J connectivity index is 0.00000256. The number of hydrogen-bond acceptors (Lipinski definition) is 2. The smallest absolute Gasteiger partial charge is 0.872 e. The van der Waals surface area contributed by atoms with Crippen LogP contribution < -0.4 is 10.2 Å². The maximum Gasteiger partial charge on any atom is 2.00 e. The predicted molar refractivity (Wildman–Crippen MR) is 112 cm³/mol. The quantitative estimate of drug-likeness (QED) is 0.630. The fourth-order valence-electron chi connectivity index (χ4n) is 3.84. The molecule has 4 rings (SSSR count). The molecule has 0 aliphatic heterocycles. The van der Waals surface area contributed by atoms with Crippen LogP contribution in [0.3, 0.4) is 0 Å². The van der Waals surface area contributed by atoms with E-state index in [0.29, 0.717) is 5.92 Å². The average Bonchev–Trinajstić information content (AvgIpc) is 3.44. The van der Waals surface area contributed by atoms with Crippen LogP contribution in [0.2, 0.25) is 0 Å². The monoisotopic (exact) mass is 434 g/mol. The molecule has 2 saturated carbocycles. The van der Waals surface area contributed by atoms with Crippen molar-refractivity contribution in [2.24, 2.45) is 5.92 Å². The Kier molecular flexibility index (Phi) is 8.08. The van der Waals surface area contributed by atoms with Crippen molar-refractivity contribution in [1.29, 1.82) is 0 Å². The summed E-state index contributed by atoms with van der Waals surface area (Å²) >= 11 is 0. The molecular weight excluding hydrogens is 412 g/mol. The molecule has 0 aromatic heterocycles. The summed E-state index contributed by atoms with van der Waals surface area (Å²) in [5, 5.41) is 23.4. The largest absolute Gasteiger partial charge is 2.00 e. The first kappa shape index (κ1) is 23.0. The Labute approximate surface area is 191 Å². The molecule has 1 atom stereocenters. The van der Waals surface area contributed by atoms with Crippen molar-refractivity contribution in [3.63, 3.8) is 0 Å². The third kappa shape index (κ3) is 5.31. The molecular formula is C27H22FeO2. The maximum absolute atomic E-state index is 11.7. The van der Waals surface area contributed by atoms with E-state index in [0.717, 1.165) is 29.0 Å². The zero-order valence-corrected chi connectivity index (χ0v) is 17.8. The van der Waals surface area contributed by atoms with Gasteiger partial charge >= 0.3 is 17.1 Å². The average molecular weight is 434 g/mol. The van der Waals surface area contributed by atoms with Crippen molar-refractivity contribution in [2.75, 3.05) is 0 Å². The van der Waals surface area contributed by atoms with Gasteiger partial charge in [0.25, 0.3) is 0 Å². The molecule has 0 bridgehead atoms. The first-order valence-corrected chi connectivity index (χ1v) is 9.83. The Hall–Kier alpha value is -1.70. The van der Waals surface area contributed by atoms with E-state index in [1.165, 1.54) is 11.5 Å². The SMILES string of the molecule is C[C@H](CC([C]1[CH][CH][CH][CH]1)=C(c1ccc([O-])cc1)c1ccc([O-])cc1)[C]1[CH][CH][CH][CH]1.[Fe+2]. The van der Waals surface area contributed by atoms with Crippen molar-refractivity contribution in [3.05, 3.63) is 128 Å². The van der Waals surface area contributed by atoms with Gasteiger partial charge in [0.2, 0.25) is 0 Å². The Bertz CT molecular complexity index is 779. The van der Waals surface area contributed by atoms with E-state index < -0.39 is 0 Å². The van der Waals surface area contributed by atoms with Crippen LogP contribution in [-0.2, 0) is 17.1 Å². The van der Waals surface area contributed by atoms with Crippen LogP contribution in [0, 0.1) is 69.1 Å². The standard InChI is InChI=1S/C27H24O2.Fe/c1-19(20-6-2-3-7-20)18-26(21-8-4-5-9-21)27(22-10-14-24(28)15-11-22)23-12-16-25(29)17-13-23;/h2-17,19,28-29H,18H2,1H3;/q;+2/p-2/t19-;/m1./s1. The van der Waals surface area contributed by atoms with Crippen LogP contribution >= 0.6 is 0 Å². The van der Waals surface area contributed by atoms with Crippen molar-refractivity contribution in [1.82, 2.24) is 0 Å². The van der Waals surface area contributed by atoms with Gasteiger partial charge in [-0.15, -0.1) is 11.5 Å². The zero-order valence-electron chi connectivity index (χ0n) is 16.7. The first-order chi connectivity index (χ1) is 14.1. The minimum atomic E-state index is -0.0111. The molecule has 0 N–H and O–H groups in total. The molecule has 0 amide bonds. The molecule has 10 radical (unpaired) electrons. The zero-order chi connectivity index (χ0) is 20.2. The summed E-state index contributed by atoms with van der Waals surface area (Å²) in [7, 11) is 0. The summed E-state index contributed by atoms with van der Waals surface area (Å²) in [6.07, 6.45) is 17.6. The molecule has 2 aliphatic carbocycles. The van der Waals surface area contributed by atoms with Gasteiger partial charge in [0.1, 0.15) is 0 Å². The van der Waals surface area contributed by atoms with Gasteiger partial charge in [-0.25, -0.2) is 0 Å². The minimum absolute atomic E-state index is 0. The van der Waals surface area contributed by atoms with Crippen LogP contribution in [-0.4, -0.2) is 0 Å². The van der Waals surface area contributed by atoms with Crippen LogP contribution in [0.5, 0.6) is 11.5 Å². The van der Waals surface area contributed by atoms with Crippen molar-refractivity contribution in [3.8, 4) is 11.5 Å². The molecule has 0 spiro atoms. The molecule has 2 fully saturated rings. The second kappa shape index (κ2) is 10.6. The van der Waals surface area contributed by atoms with Gasteiger partial charge in [0.15, 0.2) is 0 Å². The molecule has 2 aliphatic rings. The van der Waals surface area contributed by atoms with E-state index in [4.69, 9.17) is 0 Å². The van der Waals surface area contributed by atoms with Gasteiger partial charge in [0.05, 0.1) is 0 Å². The van der Waals surface area contributed by atoms with Gasteiger partial charge in [-0.05, 0) is 86.3 Å². The molecule has 0 heterocycles. The molecule has 150 valence electrons. The van der Waals surface area contributed by atoms with Gasteiger partial charge in [-0.3, -0.25) is 0 Å². The molecule has 30 heavy (non-hydrogen) atoms. The molecule has 3 heteroatoms. The Morgan fingerprint density at radius 1 is 0.700 bits per heavy atom. The maximum atomic E-state index is 11.7. The van der Waals surface area contributed by atoms with Gasteiger partial charge in [-0.1, -0.05) is 61.0 Å². The fourth-order valence-corrected chi connectivity index (χ4v) is 3.84. The van der Waals surface area contributed by atoms with E-state index >= 15 is 0 Å². The van der Waals surface area contributed by atoms with E-state index in [1.54, 1.807) is 24.3 Å². The van der Waals surface area contributed by atoms with Crippen LogP contribution in [0.25, 0.3) is 5.57 Å². The van der Waals surface area contributed by atoms with Crippen LogP contribution in [0.1, 0.15) is 24.5 Å². The number of allylic oxidation sites excluding steroid dienone is 1. The Morgan fingerprint density at radius 2 is 1.13 bits per heavy atom. The van der Waals surface area contributed by atoms with Gasteiger partial charge in [0, 0.05) is 5.92 Å². The number of hydrogen-bond donors (Lipinski definition) is 0. The molecule has 2 aromatic rings. The van der Waals surface area contributed by atoms with Gasteiger partial charge < -0.3 is 10.2 Å². The molecule has 0 unspecified atom stereocenters. The van der Waals surface area contributed by atoms with Crippen LogP contribution in [0.4, 0.5) is 0 Å². The predicted octanol–water partition coefficient (Wildman–Crippen LogP) is 4.47. The molecule has 2 nitrogen and oxygen atoms in total.